The van der Waals surface area contributed by atoms with Gasteiger partial charge in [0.1, 0.15) is 0 Å². The number of amides is 1. The van der Waals surface area contributed by atoms with Gasteiger partial charge in [0.2, 0.25) is 15.9 Å². The zero-order valence-electron chi connectivity index (χ0n) is 13.0. The normalized spacial score (nSPS) is 16.2. The summed E-state index contributed by atoms with van der Waals surface area (Å²) in [6, 6.07) is 6.28. The van der Waals surface area contributed by atoms with Crippen LogP contribution in [0, 0.1) is 0 Å². The van der Waals surface area contributed by atoms with E-state index < -0.39 is 10.0 Å². The van der Waals surface area contributed by atoms with Gasteiger partial charge in [-0.1, -0.05) is 12.1 Å². The number of sulfonamides is 1. The van der Waals surface area contributed by atoms with E-state index in [1.807, 2.05) is 0 Å². The van der Waals surface area contributed by atoms with Gasteiger partial charge in [-0.05, 0) is 24.1 Å². The topological polar surface area (TPSA) is 102 Å². The second-order valence-electron chi connectivity index (χ2n) is 5.49. The first-order valence-corrected chi connectivity index (χ1v) is 9.18. The maximum absolute atomic E-state index is 11.8. The highest BCUT2D eigenvalue weighted by Crippen LogP contribution is 2.10. The first kappa shape index (κ1) is 17.9. The van der Waals surface area contributed by atoms with Crippen molar-refractivity contribution in [3.05, 3.63) is 29.8 Å². The molecule has 2 rings (SSSR count). The van der Waals surface area contributed by atoms with Crippen LogP contribution in [0.5, 0.6) is 0 Å². The second kappa shape index (κ2) is 8.39. The molecule has 0 unspecified atom stereocenters. The minimum absolute atomic E-state index is 0.00576. The molecule has 0 bridgehead atoms. The van der Waals surface area contributed by atoms with Crippen LogP contribution in [0.2, 0.25) is 0 Å². The molecule has 23 heavy (non-hydrogen) atoms. The highest BCUT2D eigenvalue weighted by Gasteiger charge is 2.10. The summed E-state index contributed by atoms with van der Waals surface area (Å²) in [5.74, 6) is -0.00576. The fourth-order valence-electron chi connectivity index (χ4n) is 2.37. The number of nitrogens with one attached hydrogen (secondary N) is 1. The summed E-state index contributed by atoms with van der Waals surface area (Å²) >= 11 is 0. The van der Waals surface area contributed by atoms with Crippen LogP contribution in [0.1, 0.15) is 12.0 Å². The van der Waals surface area contributed by atoms with Gasteiger partial charge in [0, 0.05) is 32.6 Å². The molecule has 1 saturated heterocycles. The van der Waals surface area contributed by atoms with Crippen molar-refractivity contribution in [2.75, 3.05) is 39.4 Å². The molecule has 7 nitrogen and oxygen atoms in total. The molecular weight excluding hydrogens is 318 g/mol. The highest BCUT2D eigenvalue weighted by atomic mass is 32.2. The maximum atomic E-state index is 11.8. The van der Waals surface area contributed by atoms with Crippen LogP contribution in [-0.2, 0) is 26.0 Å². The van der Waals surface area contributed by atoms with Crippen LogP contribution in [0.25, 0.3) is 0 Å². The van der Waals surface area contributed by atoms with E-state index in [2.05, 4.69) is 10.2 Å². The first-order chi connectivity index (χ1) is 10.9. The quantitative estimate of drug-likeness (QED) is 0.710. The Hall–Kier alpha value is -1.48. The standard InChI is InChI=1S/C15H23N3O4S/c16-23(20,21)14-4-1-13(2-5-14)3-6-15(19)17-7-8-18-9-11-22-12-10-18/h1-2,4-5H,3,6-12H2,(H,17,19)(H2,16,20,21). The smallest absolute Gasteiger partial charge is 0.238 e. The Balaban J connectivity index is 1.67. The number of primary sulfonamides is 1. The summed E-state index contributed by atoms with van der Waals surface area (Å²) in [6.07, 6.45) is 0.937. The lowest BCUT2D eigenvalue weighted by Crippen LogP contribution is -2.41. The Kier molecular flexibility index (Phi) is 6.52. The van der Waals surface area contributed by atoms with Gasteiger partial charge >= 0.3 is 0 Å². The number of carbonyl (C=O) groups is 1. The fourth-order valence-corrected chi connectivity index (χ4v) is 2.89. The Morgan fingerprint density at radius 1 is 1.22 bits per heavy atom. The van der Waals surface area contributed by atoms with Gasteiger partial charge in [-0.25, -0.2) is 13.6 Å². The number of ether oxygens (including phenoxy) is 1. The van der Waals surface area contributed by atoms with Crippen molar-refractivity contribution in [3.8, 4) is 0 Å². The number of rotatable bonds is 7. The summed E-state index contributed by atoms with van der Waals surface area (Å²) in [4.78, 5) is 14.2. The summed E-state index contributed by atoms with van der Waals surface area (Å²) in [5.41, 5.74) is 0.903. The number of carbonyl (C=O) groups excluding carboxylic acids is 1. The van der Waals surface area contributed by atoms with Crippen molar-refractivity contribution in [1.29, 1.82) is 0 Å². The highest BCUT2D eigenvalue weighted by molar-refractivity contribution is 7.89. The summed E-state index contributed by atoms with van der Waals surface area (Å²) < 4.78 is 27.6. The maximum Gasteiger partial charge on any atom is 0.238 e. The largest absolute Gasteiger partial charge is 0.379 e. The zero-order chi connectivity index (χ0) is 16.7. The van der Waals surface area contributed by atoms with Crippen LogP contribution >= 0.6 is 0 Å². The van der Waals surface area contributed by atoms with Crippen LogP contribution in [-0.4, -0.2) is 58.6 Å². The van der Waals surface area contributed by atoms with Gasteiger partial charge in [0.15, 0.2) is 0 Å². The third kappa shape index (κ3) is 6.26. The zero-order valence-corrected chi connectivity index (χ0v) is 13.8. The van der Waals surface area contributed by atoms with E-state index in [-0.39, 0.29) is 10.8 Å². The van der Waals surface area contributed by atoms with Gasteiger partial charge < -0.3 is 10.1 Å². The van der Waals surface area contributed by atoms with E-state index in [4.69, 9.17) is 9.88 Å². The van der Waals surface area contributed by atoms with Gasteiger partial charge in [-0.2, -0.15) is 0 Å². The van der Waals surface area contributed by atoms with Gasteiger partial charge in [-0.15, -0.1) is 0 Å². The molecule has 0 spiro atoms. The lowest BCUT2D eigenvalue weighted by molar-refractivity contribution is -0.121. The predicted octanol–water partition coefficient (Wildman–Crippen LogP) is -0.285. The molecule has 1 heterocycles. The summed E-state index contributed by atoms with van der Waals surface area (Å²) in [7, 11) is -3.67. The molecule has 1 aromatic rings. The lowest BCUT2D eigenvalue weighted by atomic mass is 10.1. The Morgan fingerprint density at radius 2 is 1.87 bits per heavy atom. The average molecular weight is 341 g/mol. The number of nitrogens with two attached hydrogens (primary N) is 1. The molecule has 0 atom stereocenters. The van der Waals surface area contributed by atoms with E-state index in [1.165, 1.54) is 12.1 Å². The van der Waals surface area contributed by atoms with Crippen LogP contribution in [0.3, 0.4) is 0 Å². The molecule has 1 fully saturated rings. The Labute approximate surface area is 136 Å². The van der Waals surface area contributed by atoms with Crippen LogP contribution < -0.4 is 10.5 Å². The molecule has 128 valence electrons. The van der Waals surface area contributed by atoms with E-state index in [0.29, 0.717) is 19.4 Å². The number of hydrogen-bond acceptors (Lipinski definition) is 5. The monoisotopic (exact) mass is 341 g/mol. The molecule has 0 radical (unpaired) electrons. The third-order valence-corrected chi connectivity index (χ3v) is 4.68. The Morgan fingerprint density at radius 3 is 2.48 bits per heavy atom. The summed E-state index contributed by atoms with van der Waals surface area (Å²) in [5, 5.41) is 7.94. The number of morpholine rings is 1. The van der Waals surface area contributed by atoms with Crippen LogP contribution in [0.15, 0.2) is 29.2 Å². The van der Waals surface area contributed by atoms with E-state index >= 15 is 0 Å². The average Bonchev–Trinajstić information content (AvgIpc) is 2.53. The van der Waals surface area contributed by atoms with E-state index in [1.54, 1.807) is 12.1 Å². The Bertz CT molecular complexity index is 610. The van der Waals surface area contributed by atoms with Crippen LogP contribution in [0.4, 0.5) is 0 Å². The number of benzene rings is 1. The van der Waals surface area contributed by atoms with Crippen molar-refractivity contribution in [2.45, 2.75) is 17.7 Å². The third-order valence-electron chi connectivity index (χ3n) is 3.75. The molecule has 0 aliphatic carbocycles. The number of hydrogen-bond donors (Lipinski definition) is 2. The van der Waals surface area contributed by atoms with Crippen molar-refractivity contribution < 1.29 is 17.9 Å². The SMILES string of the molecule is NS(=O)(=O)c1ccc(CCC(=O)NCCN2CCOCC2)cc1. The fraction of sp³-hybridized carbons (Fsp3) is 0.533. The first-order valence-electron chi connectivity index (χ1n) is 7.64. The van der Waals surface area contributed by atoms with E-state index in [0.717, 1.165) is 38.4 Å². The second-order valence-corrected chi connectivity index (χ2v) is 7.05. The molecule has 1 amide bonds. The predicted molar refractivity (Wildman–Crippen MR) is 86.4 cm³/mol. The molecule has 0 saturated carbocycles. The minimum atomic E-state index is -3.67. The molecule has 8 heteroatoms. The molecule has 1 aliphatic rings. The number of aryl methyl sites for hydroxylation is 1. The van der Waals surface area contributed by atoms with Crippen molar-refractivity contribution in [2.24, 2.45) is 5.14 Å². The van der Waals surface area contributed by atoms with Gasteiger partial charge in [-0.3, -0.25) is 9.69 Å². The number of nitrogens with zero attached hydrogens (tertiary/aromatic N) is 1. The molecule has 1 aliphatic heterocycles. The molecule has 3 N–H and O–H groups in total. The molecule has 1 aromatic carbocycles. The van der Waals surface area contributed by atoms with Crippen molar-refractivity contribution in [1.82, 2.24) is 10.2 Å². The molecular formula is C15H23N3O4S. The van der Waals surface area contributed by atoms with Crippen molar-refractivity contribution >= 4 is 15.9 Å². The minimum Gasteiger partial charge on any atom is -0.379 e. The molecule has 0 aromatic heterocycles. The van der Waals surface area contributed by atoms with Gasteiger partial charge in [0.25, 0.3) is 0 Å². The summed E-state index contributed by atoms with van der Waals surface area (Å²) in [6.45, 7) is 4.78. The van der Waals surface area contributed by atoms with Crippen molar-refractivity contribution in [3.63, 3.8) is 0 Å². The lowest BCUT2D eigenvalue weighted by Gasteiger charge is -2.26. The van der Waals surface area contributed by atoms with Gasteiger partial charge in [0.05, 0.1) is 18.1 Å². The van der Waals surface area contributed by atoms with E-state index in [9.17, 15) is 13.2 Å².